The lowest BCUT2D eigenvalue weighted by Gasteiger charge is -2.20. The first kappa shape index (κ1) is 15.2. The zero-order valence-electron chi connectivity index (χ0n) is 13.5. The van der Waals surface area contributed by atoms with Crippen LogP contribution in [0.2, 0.25) is 0 Å². The minimum atomic E-state index is -0.115. The normalized spacial score (nSPS) is 24.9. The van der Waals surface area contributed by atoms with Gasteiger partial charge in [-0.2, -0.15) is 0 Å². The van der Waals surface area contributed by atoms with E-state index in [2.05, 4.69) is 27.8 Å². The topological polar surface area (TPSA) is 68.2 Å². The second kappa shape index (κ2) is 6.65. The van der Waals surface area contributed by atoms with Crippen LogP contribution >= 0.6 is 0 Å². The number of fused-ring (bicyclic) bond motifs is 2. The van der Waals surface area contributed by atoms with Gasteiger partial charge in [0.05, 0.1) is 24.6 Å². The van der Waals surface area contributed by atoms with E-state index in [1.807, 2.05) is 22.9 Å². The van der Waals surface area contributed by atoms with E-state index in [0.29, 0.717) is 12.6 Å². The van der Waals surface area contributed by atoms with Crippen molar-refractivity contribution in [1.29, 1.82) is 0 Å². The number of hydrogen-bond donors (Lipinski definition) is 2. The number of nitrogens with one attached hydrogen (secondary N) is 2. The van der Waals surface area contributed by atoms with Crippen LogP contribution in [0.1, 0.15) is 30.4 Å². The maximum absolute atomic E-state index is 12.1. The number of carbonyl (C=O) groups is 1. The monoisotopic (exact) mass is 326 g/mol. The van der Waals surface area contributed by atoms with Crippen molar-refractivity contribution in [1.82, 2.24) is 20.2 Å². The highest BCUT2D eigenvalue weighted by atomic mass is 16.5. The van der Waals surface area contributed by atoms with Crippen LogP contribution in [-0.4, -0.2) is 33.8 Å². The standard InChI is InChI=1S/C18H22N4O2/c23-18(21-16-9-15-4-5-17(16)24-15)20-10-13-2-1-3-14(8-13)11-22-7-6-19-12-22/h1-3,6-8,12,15-17H,4-5,9-11H2,(H2,20,21,23)/t15-,16+,17-/m1/s1. The third-order valence-electron chi connectivity index (χ3n) is 4.79. The molecule has 3 atom stereocenters. The predicted molar refractivity (Wildman–Crippen MR) is 89.4 cm³/mol. The molecule has 2 bridgehead atoms. The molecular formula is C18H22N4O2. The first-order valence-electron chi connectivity index (χ1n) is 8.49. The second-order valence-electron chi connectivity index (χ2n) is 6.60. The Hall–Kier alpha value is -2.34. The summed E-state index contributed by atoms with van der Waals surface area (Å²) in [5.41, 5.74) is 2.28. The van der Waals surface area contributed by atoms with Crippen LogP contribution in [0.3, 0.4) is 0 Å². The van der Waals surface area contributed by atoms with Crippen molar-refractivity contribution in [3.05, 3.63) is 54.1 Å². The largest absolute Gasteiger partial charge is 0.373 e. The van der Waals surface area contributed by atoms with Gasteiger partial charge < -0.3 is 19.9 Å². The fourth-order valence-corrected chi connectivity index (χ4v) is 3.62. The highest BCUT2D eigenvalue weighted by molar-refractivity contribution is 5.74. The van der Waals surface area contributed by atoms with Crippen molar-refractivity contribution < 1.29 is 9.53 Å². The van der Waals surface area contributed by atoms with E-state index in [9.17, 15) is 4.79 Å². The third-order valence-corrected chi connectivity index (χ3v) is 4.79. The molecule has 0 saturated carbocycles. The minimum absolute atomic E-state index is 0.115. The zero-order valence-corrected chi connectivity index (χ0v) is 13.5. The SMILES string of the molecule is O=C(NCc1cccc(Cn2ccnc2)c1)N[C@H]1C[C@H]2CC[C@H]1O2. The van der Waals surface area contributed by atoms with Gasteiger partial charge in [-0.15, -0.1) is 0 Å². The van der Waals surface area contributed by atoms with Crippen molar-refractivity contribution >= 4 is 6.03 Å². The molecule has 126 valence electrons. The molecule has 2 aliphatic heterocycles. The van der Waals surface area contributed by atoms with Crippen LogP contribution in [0.25, 0.3) is 0 Å². The van der Waals surface area contributed by atoms with E-state index in [1.165, 1.54) is 5.56 Å². The third kappa shape index (κ3) is 3.43. The fourth-order valence-electron chi connectivity index (χ4n) is 3.62. The van der Waals surface area contributed by atoms with Crippen LogP contribution < -0.4 is 10.6 Å². The Morgan fingerprint density at radius 3 is 3.00 bits per heavy atom. The summed E-state index contributed by atoms with van der Waals surface area (Å²) in [6, 6.07) is 8.29. The molecule has 3 heterocycles. The second-order valence-corrected chi connectivity index (χ2v) is 6.60. The van der Waals surface area contributed by atoms with Gasteiger partial charge in [0.1, 0.15) is 0 Å². The van der Waals surface area contributed by atoms with Crippen LogP contribution in [0, 0.1) is 0 Å². The van der Waals surface area contributed by atoms with Gasteiger partial charge in [-0.3, -0.25) is 0 Å². The molecule has 0 aliphatic carbocycles. The number of imidazole rings is 1. The van der Waals surface area contributed by atoms with E-state index in [1.54, 1.807) is 12.5 Å². The zero-order chi connectivity index (χ0) is 16.4. The lowest BCUT2D eigenvalue weighted by atomic mass is 9.96. The van der Waals surface area contributed by atoms with E-state index in [0.717, 1.165) is 31.4 Å². The van der Waals surface area contributed by atoms with Gasteiger partial charge in [0.25, 0.3) is 0 Å². The predicted octanol–water partition coefficient (Wildman–Crippen LogP) is 2.05. The summed E-state index contributed by atoms with van der Waals surface area (Å²) in [6.07, 6.45) is 9.21. The summed E-state index contributed by atoms with van der Waals surface area (Å²) in [7, 11) is 0. The molecule has 6 heteroatoms. The number of rotatable bonds is 5. The Balaban J connectivity index is 1.28. The van der Waals surface area contributed by atoms with E-state index in [4.69, 9.17) is 4.74 Å². The van der Waals surface area contributed by atoms with E-state index < -0.39 is 0 Å². The van der Waals surface area contributed by atoms with Crippen molar-refractivity contribution in [2.45, 2.75) is 50.6 Å². The molecule has 2 aromatic rings. The molecule has 0 radical (unpaired) electrons. The van der Waals surface area contributed by atoms with Crippen LogP contribution in [0.15, 0.2) is 43.0 Å². The number of amides is 2. The molecule has 24 heavy (non-hydrogen) atoms. The van der Waals surface area contributed by atoms with Crippen LogP contribution in [0.5, 0.6) is 0 Å². The average Bonchev–Trinajstić information content (AvgIpc) is 3.31. The molecule has 4 rings (SSSR count). The first-order chi connectivity index (χ1) is 11.8. The summed E-state index contributed by atoms with van der Waals surface area (Å²) >= 11 is 0. The first-order valence-corrected chi connectivity index (χ1v) is 8.49. The molecule has 2 aliphatic rings. The Labute approximate surface area is 141 Å². The number of hydrogen-bond acceptors (Lipinski definition) is 3. The highest BCUT2D eigenvalue weighted by Gasteiger charge is 2.41. The van der Waals surface area contributed by atoms with E-state index in [-0.39, 0.29) is 18.2 Å². The molecule has 2 N–H and O–H groups in total. The summed E-state index contributed by atoms with van der Waals surface area (Å²) < 4.78 is 7.79. The Bertz CT molecular complexity index is 701. The Morgan fingerprint density at radius 2 is 2.25 bits per heavy atom. The van der Waals surface area contributed by atoms with Gasteiger partial charge in [0.15, 0.2) is 0 Å². The summed E-state index contributed by atoms with van der Waals surface area (Å²) in [4.78, 5) is 16.2. The fraction of sp³-hybridized carbons (Fsp3) is 0.444. The molecule has 0 spiro atoms. The molecule has 6 nitrogen and oxygen atoms in total. The molecule has 2 amide bonds. The van der Waals surface area contributed by atoms with Gasteiger partial charge in [-0.25, -0.2) is 9.78 Å². The maximum Gasteiger partial charge on any atom is 0.315 e. The van der Waals surface area contributed by atoms with Gasteiger partial charge in [-0.05, 0) is 30.4 Å². The van der Waals surface area contributed by atoms with E-state index >= 15 is 0 Å². The van der Waals surface area contributed by atoms with Crippen molar-refractivity contribution in [3.63, 3.8) is 0 Å². The van der Waals surface area contributed by atoms with Crippen LogP contribution in [0.4, 0.5) is 4.79 Å². The van der Waals surface area contributed by atoms with Gasteiger partial charge in [0.2, 0.25) is 0 Å². The van der Waals surface area contributed by atoms with Crippen LogP contribution in [-0.2, 0) is 17.8 Å². The molecule has 1 aromatic carbocycles. The Morgan fingerprint density at radius 1 is 1.33 bits per heavy atom. The summed E-state index contributed by atoms with van der Waals surface area (Å²) in [5, 5.41) is 5.99. The molecular weight excluding hydrogens is 304 g/mol. The van der Waals surface area contributed by atoms with Crippen molar-refractivity contribution in [3.8, 4) is 0 Å². The minimum Gasteiger partial charge on any atom is -0.373 e. The highest BCUT2D eigenvalue weighted by Crippen LogP contribution is 2.34. The number of aromatic nitrogens is 2. The lowest BCUT2D eigenvalue weighted by Crippen LogP contribution is -2.46. The number of nitrogens with zero attached hydrogens (tertiary/aromatic N) is 2. The number of carbonyl (C=O) groups excluding carboxylic acids is 1. The lowest BCUT2D eigenvalue weighted by molar-refractivity contribution is 0.0981. The molecule has 2 fully saturated rings. The summed E-state index contributed by atoms with van der Waals surface area (Å²) in [5.74, 6) is 0. The van der Waals surface area contributed by atoms with Crippen molar-refractivity contribution in [2.24, 2.45) is 0 Å². The quantitative estimate of drug-likeness (QED) is 0.883. The Kier molecular flexibility index (Phi) is 4.21. The smallest absolute Gasteiger partial charge is 0.315 e. The van der Waals surface area contributed by atoms with Crippen molar-refractivity contribution in [2.75, 3.05) is 0 Å². The molecule has 2 saturated heterocycles. The molecule has 1 aromatic heterocycles. The van der Waals surface area contributed by atoms with Gasteiger partial charge in [0, 0.05) is 25.5 Å². The number of benzene rings is 1. The number of ether oxygens (including phenoxy) is 1. The van der Waals surface area contributed by atoms with Gasteiger partial charge in [-0.1, -0.05) is 24.3 Å². The van der Waals surface area contributed by atoms with Gasteiger partial charge >= 0.3 is 6.03 Å². The number of urea groups is 1. The average molecular weight is 326 g/mol. The maximum atomic E-state index is 12.1. The molecule has 0 unspecified atom stereocenters. The summed E-state index contributed by atoms with van der Waals surface area (Å²) in [6.45, 7) is 1.30.